The third-order valence-electron chi connectivity index (χ3n) is 4.62. The highest BCUT2D eigenvalue weighted by molar-refractivity contribution is 5.89. The Bertz CT molecular complexity index is 915. The molecule has 0 radical (unpaired) electrons. The van der Waals surface area contributed by atoms with Crippen molar-refractivity contribution in [1.82, 2.24) is 0 Å². The third-order valence-corrected chi connectivity index (χ3v) is 4.62. The molecule has 0 spiro atoms. The first-order chi connectivity index (χ1) is 11.6. The molecule has 0 heterocycles. The average Bonchev–Trinajstić information content (AvgIpc) is 3.35. The number of benzene rings is 3. The van der Waals surface area contributed by atoms with Gasteiger partial charge < -0.3 is 4.74 Å². The van der Waals surface area contributed by atoms with Gasteiger partial charge in [-0.05, 0) is 64.4 Å². The first-order valence-corrected chi connectivity index (χ1v) is 8.08. The van der Waals surface area contributed by atoms with Gasteiger partial charge in [0.1, 0.15) is 11.6 Å². The van der Waals surface area contributed by atoms with Crippen molar-refractivity contribution in [3.8, 4) is 5.75 Å². The number of halogens is 1. The predicted molar refractivity (Wildman–Crippen MR) is 91.8 cm³/mol. The Labute approximate surface area is 139 Å². The Hall–Kier alpha value is -2.68. The summed E-state index contributed by atoms with van der Waals surface area (Å²) in [5.74, 6) is 0.818. The van der Waals surface area contributed by atoms with E-state index in [0.29, 0.717) is 17.6 Å². The molecule has 2 nitrogen and oxygen atoms in total. The van der Waals surface area contributed by atoms with Gasteiger partial charge in [-0.25, -0.2) is 4.39 Å². The summed E-state index contributed by atoms with van der Waals surface area (Å²) >= 11 is 0. The van der Waals surface area contributed by atoms with Gasteiger partial charge in [-0.15, -0.1) is 0 Å². The number of carbonyl (C=O) groups is 1. The van der Waals surface area contributed by atoms with E-state index in [0.717, 1.165) is 17.4 Å². The van der Waals surface area contributed by atoms with Crippen molar-refractivity contribution in [3.05, 3.63) is 77.6 Å². The van der Waals surface area contributed by atoms with E-state index in [1.54, 1.807) is 0 Å². The van der Waals surface area contributed by atoms with Crippen LogP contribution in [-0.4, -0.2) is 5.97 Å². The summed E-state index contributed by atoms with van der Waals surface area (Å²) in [6, 6.07) is 18.7. The van der Waals surface area contributed by atoms with Crippen LogP contribution in [0.25, 0.3) is 10.8 Å². The van der Waals surface area contributed by atoms with Crippen molar-refractivity contribution in [1.29, 1.82) is 0 Å². The van der Waals surface area contributed by atoms with Crippen LogP contribution >= 0.6 is 0 Å². The first-order valence-electron chi connectivity index (χ1n) is 8.08. The van der Waals surface area contributed by atoms with Gasteiger partial charge in [0.05, 0.1) is 0 Å². The van der Waals surface area contributed by atoms with Gasteiger partial charge in [0.2, 0.25) is 0 Å². The zero-order valence-corrected chi connectivity index (χ0v) is 13.3. The normalized spacial score (nSPS) is 19.2. The molecule has 3 aromatic carbocycles. The predicted octanol–water partition coefficient (Wildman–Crippen LogP) is 5.18. The molecule has 1 aliphatic carbocycles. The van der Waals surface area contributed by atoms with E-state index in [2.05, 4.69) is 6.07 Å². The second-order valence-corrected chi connectivity index (χ2v) is 6.33. The minimum Gasteiger partial charge on any atom is -0.427 e. The molecule has 1 saturated carbocycles. The zero-order chi connectivity index (χ0) is 16.7. The molecular weight excluding hydrogens is 303 g/mol. The molecule has 0 bridgehead atoms. The molecule has 1 aliphatic rings. The lowest BCUT2D eigenvalue weighted by atomic mass is 9.98. The van der Waals surface area contributed by atoms with Crippen molar-refractivity contribution >= 4 is 16.7 Å². The number of ether oxygens (including phenoxy) is 1. The van der Waals surface area contributed by atoms with Crippen LogP contribution < -0.4 is 4.74 Å². The van der Waals surface area contributed by atoms with Crippen LogP contribution in [0.15, 0.2) is 60.7 Å². The monoisotopic (exact) mass is 320 g/mol. The van der Waals surface area contributed by atoms with E-state index >= 15 is 0 Å². The van der Waals surface area contributed by atoms with Crippen LogP contribution in [-0.2, 0) is 4.79 Å². The summed E-state index contributed by atoms with van der Waals surface area (Å²) in [6.45, 7) is 1.41. The van der Waals surface area contributed by atoms with Crippen LogP contribution in [0.3, 0.4) is 0 Å². The summed E-state index contributed by atoms with van der Waals surface area (Å²) in [7, 11) is 0. The van der Waals surface area contributed by atoms with Gasteiger partial charge in [0, 0.05) is 6.92 Å². The van der Waals surface area contributed by atoms with Crippen molar-refractivity contribution in [2.75, 3.05) is 0 Å². The number of carbonyl (C=O) groups excluding carboxylic acids is 1. The maximum atomic E-state index is 13.1. The van der Waals surface area contributed by atoms with Crippen LogP contribution in [0.4, 0.5) is 4.39 Å². The average molecular weight is 320 g/mol. The Morgan fingerprint density at radius 2 is 1.79 bits per heavy atom. The van der Waals surface area contributed by atoms with E-state index in [4.69, 9.17) is 4.74 Å². The molecule has 1 fully saturated rings. The van der Waals surface area contributed by atoms with E-state index in [-0.39, 0.29) is 11.8 Å². The lowest BCUT2D eigenvalue weighted by molar-refractivity contribution is -0.131. The minimum absolute atomic E-state index is 0.210. The second-order valence-electron chi connectivity index (χ2n) is 6.33. The van der Waals surface area contributed by atoms with Gasteiger partial charge in [-0.3, -0.25) is 4.79 Å². The van der Waals surface area contributed by atoms with E-state index in [1.165, 1.54) is 30.0 Å². The van der Waals surface area contributed by atoms with E-state index in [1.807, 2.05) is 42.5 Å². The highest BCUT2D eigenvalue weighted by atomic mass is 19.1. The number of rotatable bonds is 3. The molecule has 2 atom stereocenters. The Morgan fingerprint density at radius 1 is 1.04 bits per heavy atom. The Morgan fingerprint density at radius 3 is 2.54 bits per heavy atom. The second kappa shape index (κ2) is 5.75. The fraction of sp³-hybridized carbons (Fsp3) is 0.190. The summed E-state index contributed by atoms with van der Waals surface area (Å²) < 4.78 is 18.4. The quantitative estimate of drug-likeness (QED) is 0.491. The molecule has 3 aromatic rings. The van der Waals surface area contributed by atoms with Gasteiger partial charge in [-0.1, -0.05) is 36.4 Å². The molecule has 0 aromatic heterocycles. The van der Waals surface area contributed by atoms with E-state index in [9.17, 15) is 9.18 Å². The van der Waals surface area contributed by atoms with Crippen molar-refractivity contribution in [3.63, 3.8) is 0 Å². The van der Waals surface area contributed by atoms with Gasteiger partial charge in [0.15, 0.2) is 0 Å². The molecule has 4 rings (SSSR count). The van der Waals surface area contributed by atoms with Gasteiger partial charge >= 0.3 is 5.97 Å². The summed E-state index contributed by atoms with van der Waals surface area (Å²) in [6.07, 6.45) is 1.03. The topological polar surface area (TPSA) is 26.3 Å². The highest BCUT2D eigenvalue weighted by Gasteiger charge is 2.40. The van der Waals surface area contributed by atoms with Crippen molar-refractivity contribution in [2.45, 2.75) is 25.2 Å². The van der Waals surface area contributed by atoms with Crippen molar-refractivity contribution < 1.29 is 13.9 Å². The Kier molecular flexibility index (Phi) is 3.57. The maximum absolute atomic E-state index is 13.1. The molecule has 0 amide bonds. The largest absolute Gasteiger partial charge is 0.427 e. The summed E-state index contributed by atoms with van der Waals surface area (Å²) in [5.41, 5.74) is 2.35. The fourth-order valence-corrected chi connectivity index (χ4v) is 3.46. The number of esters is 1. The standard InChI is InChI=1S/C21H17FO2/c1-13(23)24-17-10-15-4-2-3-5-18(15)20(11-17)21-12-19(21)14-6-8-16(22)9-7-14/h2-11,19,21H,12H2,1H3. The molecule has 0 aliphatic heterocycles. The lowest BCUT2D eigenvalue weighted by Gasteiger charge is -2.10. The number of hydrogen-bond acceptors (Lipinski definition) is 2. The lowest BCUT2D eigenvalue weighted by Crippen LogP contribution is -2.02. The van der Waals surface area contributed by atoms with Gasteiger partial charge in [-0.2, -0.15) is 0 Å². The molecule has 2 unspecified atom stereocenters. The smallest absolute Gasteiger partial charge is 0.308 e. The summed E-state index contributed by atoms with van der Waals surface area (Å²) in [5, 5.41) is 2.25. The van der Waals surface area contributed by atoms with Crippen molar-refractivity contribution in [2.24, 2.45) is 0 Å². The van der Waals surface area contributed by atoms with E-state index < -0.39 is 0 Å². The first kappa shape index (κ1) is 14.9. The molecular formula is C21H17FO2. The maximum Gasteiger partial charge on any atom is 0.308 e. The highest BCUT2D eigenvalue weighted by Crippen LogP contribution is 2.56. The third kappa shape index (κ3) is 2.78. The van der Waals surface area contributed by atoms with Crippen LogP contribution in [0, 0.1) is 5.82 Å². The molecule has 3 heteroatoms. The van der Waals surface area contributed by atoms with Crippen LogP contribution in [0.5, 0.6) is 5.75 Å². The number of hydrogen-bond donors (Lipinski definition) is 0. The summed E-state index contributed by atoms with van der Waals surface area (Å²) in [4.78, 5) is 11.3. The molecule has 0 saturated heterocycles. The fourth-order valence-electron chi connectivity index (χ4n) is 3.46. The van der Waals surface area contributed by atoms with Crippen LogP contribution in [0.2, 0.25) is 0 Å². The Balaban J connectivity index is 1.73. The number of fused-ring (bicyclic) bond motifs is 1. The molecule has 120 valence electrons. The minimum atomic E-state index is -0.317. The van der Waals surface area contributed by atoms with Gasteiger partial charge in [0.25, 0.3) is 0 Å². The molecule has 0 N–H and O–H groups in total. The van der Waals surface area contributed by atoms with Crippen LogP contribution in [0.1, 0.15) is 36.3 Å². The zero-order valence-electron chi connectivity index (χ0n) is 13.3. The SMILES string of the molecule is CC(=O)Oc1cc(C2CC2c2ccc(F)cc2)c2ccccc2c1. The molecule has 24 heavy (non-hydrogen) atoms.